The molecule has 2 rings (SSSR count). The average molecular weight is 206 g/mol. The molecular weight excluding hydrogens is 192 g/mol. The summed E-state index contributed by atoms with van der Waals surface area (Å²) in [5, 5.41) is 3.18. The van der Waals surface area contributed by atoms with E-state index < -0.39 is 0 Å². The molecule has 0 fully saturated rings. The zero-order valence-corrected chi connectivity index (χ0v) is 8.69. The number of hydrogen-bond acceptors (Lipinski definition) is 4. The van der Waals surface area contributed by atoms with Crippen LogP contribution in [0.4, 0.5) is 0 Å². The molecule has 0 amide bonds. The Morgan fingerprint density at radius 1 is 1.40 bits per heavy atom. The third kappa shape index (κ3) is 2.55. The zero-order chi connectivity index (χ0) is 10.5. The quantitative estimate of drug-likeness (QED) is 0.754. The van der Waals surface area contributed by atoms with E-state index in [0.29, 0.717) is 19.0 Å². The highest BCUT2D eigenvalue weighted by Crippen LogP contribution is 2.13. The van der Waals surface area contributed by atoms with Crippen molar-refractivity contribution in [3.63, 3.8) is 0 Å². The van der Waals surface area contributed by atoms with Crippen molar-refractivity contribution in [3.05, 3.63) is 30.2 Å². The molecule has 1 heterocycles. The number of rotatable bonds is 5. The van der Waals surface area contributed by atoms with Gasteiger partial charge in [0.15, 0.2) is 5.58 Å². The molecule has 0 atom stereocenters. The number of aromatic nitrogens is 1. The van der Waals surface area contributed by atoms with Crippen LogP contribution in [0.15, 0.2) is 28.7 Å². The number of fused-ring (bicyclic) bond motifs is 1. The molecule has 0 radical (unpaired) electrons. The molecule has 0 aliphatic rings. The van der Waals surface area contributed by atoms with Gasteiger partial charge in [-0.1, -0.05) is 12.1 Å². The summed E-state index contributed by atoms with van der Waals surface area (Å²) in [6.45, 7) is 2.13. The molecule has 2 aromatic rings. The van der Waals surface area contributed by atoms with Crippen molar-refractivity contribution in [2.45, 2.75) is 6.54 Å². The van der Waals surface area contributed by atoms with Crippen LogP contribution in [0.1, 0.15) is 5.89 Å². The van der Waals surface area contributed by atoms with Gasteiger partial charge < -0.3 is 14.5 Å². The summed E-state index contributed by atoms with van der Waals surface area (Å²) >= 11 is 0. The molecule has 80 valence electrons. The molecule has 0 unspecified atom stereocenters. The molecule has 0 spiro atoms. The van der Waals surface area contributed by atoms with Crippen LogP contribution in [0.5, 0.6) is 0 Å². The van der Waals surface area contributed by atoms with Crippen LogP contribution in [0.25, 0.3) is 11.1 Å². The van der Waals surface area contributed by atoms with Gasteiger partial charge in [0.2, 0.25) is 5.89 Å². The molecule has 0 saturated carbocycles. The van der Waals surface area contributed by atoms with Gasteiger partial charge in [-0.05, 0) is 12.1 Å². The van der Waals surface area contributed by atoms with E-state index in [2.05, 4.69) is 10.3 Å². The molecule has 4 heteroatoms. The van der Waals surface area contributed by atoms with Crippen LogP contribution < -0.4 is 5.32 Å². The number of benzene rings is 1. The van der Waals surface area contributed by atoms with Crippen LogP contribution in [0, 0.1) is 0 Å². The van der Waals surface area contributed by atoms with Gasteiger partial charge in [0, 0.05) is 13.7 Å². The minimum atomic E-state index is 0.637. The summed E-state index contributed by atoms with van der Waals surface area (Å²) in [6, 6.07) is 7.75. The fourth-order valence-electron chi connectivity index (χ4n) is 1.37. The lowest BCUT2D eigenvalue weighted by atomic mass is 10.3. The summed E-state index contributed by atoms with van der Waals surface area (Å²) in [5.74, 6) is 0.715. The Labute approximate surface area is 88.3 Å². The lowest BCUT2D eigenvalue weighted by Crippen LogP contribution is -2.18. The minimum absolute atomic E-state index is 0.637. The minimum Gasteiger partial charge on any atom is -0.439 e. The normalized spacial score (nSPS) is 11.0. The first-order chi connectivity index (χ1) is 7.40. The van der Waals surface area contributed by atoms with Gasteiger partial charge in [-0.25, -0.2) is 4.98 Å². The average Bonchev–Trinajstić information content (AvgIpc) is 2.67. The molecule has 0 bridgehead atoms. The second-order valence-electron chi connectivity index (χ2n) is 3.24. The predicted molar refractivity (Wildman–Crippen MR) is 57.6 cm³/mol. The number of para-hydroxylation sites is 2. The van der Waals surface area contributed by atoms with E-state index in [1.807, 2.05) is 24.3 Å². The van der Waals surface area contributed by atoms with Crippen LogP contribution in [0.2, 0.25) is 0 Å². The van der Waals surface area contributed by atoms with Gasteiger partial charge in [0.05, 0.1) is 13.2 Å². The smallest absolute Gasteiger partial charge is 0.209 e. The van der Waals surface area contributed by atoms with Gasteiger partial charge in [-0.15, -0.1) is 0 Å². The van der Waals surface area contributed by atoms with Crippen LogP contribution in [-0.2, 0) is 11.3 Å². The first-order valence-corrected chi connectivity index (χ1v) is 4.94. The number of nitrogens with zero attached hydrogens (tertiary/aromatic N) is 1. The van der Waals surface area contributed by atoms with Gasteiger partial charge >= 0.3 is 0 Å². The first kappa shape index (κ1) is 10.1. The number of hydrogen-bond donors (Lipinski definition) is 1. The van der Waals surface area contributed by atoms with Crippen LogP contribution in [-0.4, -0.2) is 25.2 Å². The Bertz CT molecular complexity index is 392. The third-order valence-electron chi connectivity index (χ3n) is 2.10. The molecular formula is C11H14N2O2. The monoisotopic (exact) mass is 206 g/mol. The summed E-state index contributed by atoms with van der Waals surface area (Å²) in [7, 11) is 1.68. The second kappa shape index (κ2) is 4.91. The number of nitrogens with one attached hydrogen (secondary N) is 1. The third-order valence-corrected chi connectivity index (χ3v) is 2.10. The molecule has 4 nitrogen and oxygen atoms in total. The van der Waals surface area contributed by atoms with Crippen LogP contribution >= 0.6 is 0 Å². The van der Waals surface area contributed by atoms with Crippen molar-refractivity contribution < 1.29 is 9.15 Å². The summed E-state index contributed by atoms with van der Waals surface area (Å²) in [4.78, 5) is 4.34. The Hall–Kier alpha value is -1.39. The molecule has 0 saturated heterocycles. The summed E-state index contributed by atoms with van der Waals surface area (Å²) in [5.41, 5.74) is 1.74. The van der Waals surface area contributed by atoms with E-state index in [4.69, 9.17) is 9.15 Å². The summed E-state index contributed by atoms with van der Waals surface area (Å²) in [6.07, 6.45) is 0. The number of ether oxygens (including phenoxy) is 1. The van der Waals surface area contributed by atoms with E-state index in [1.165, 1.54) is 0 Å². The highest BCUT2D eigenvalue weighted by atomic mass is 16.5. The van der Waals surface area contributed by atoms with Gasteiger partial charge in [-0.2, -0.15) is 0 Å². The van der Waals surface area contributed by atoms with Crippen molar-refractivity contribution in [3.8, 4) is 0 Å². The topological polar surface area (TPSA) is 47.3 Å². The van der Waals surface area contributed by atoms with Gasteiger partial charge in [0.25, 0.3) is 0 Å². The maximum absolute atomic E-state index is 5.53. The van der Waals surface area contributed by atoms with E-state index in [1.54, 1.807) is 7.11 Å². The van der Waals surface area contributed by atoms with Gasteiger partial charge in [0.1, 0.15) is 5.52 Å². The molecule has 1 N–H and O–H groups in total. The van der Waals surface area contributed by atoms with Crippen molar-refractivity contribution in [1.29, 1.82) is 0 Å². The highest BCUT2D eigenvalue weighted by molar-refractivity contribution is 5.72. The van der Waals surface area contributed by atoms with Crippen LogP contribution in [0.3, 0.4) is 0 Å². The maximum Gasteiger partial charge on any atom is 0.209 e. The van der Waals surface area contributed by atoms with Crippen molar-refractivity contribution in [1.82, 2.24) is 10.3 Å². The Balaban J connectivity index is 1.97. The largest absolute Gasteiger partial charge is 0.439 e. The molecule has 0 aliphatic carbocycles. The van der Waals surface area contributed by atoms with E-state index in [-0.39, 0.29) is 0 Å². The number of methoxy groups -OCH3 is 1. The Morgan fingerprint density at radius 2 is 2.27 bits per heavy atom. The molecule has 1 aromatic heterocycles. The fourth-order valence-corrected chi connectivity index (χ4v) is 1.37. The SMILES string of the molecule is COCCNCc1nc2ccccc2o1. The second-order valence-corrected chi connectivity index (χ2v) is 3.24. The van der Waals surface area contributed by atoms with Crippen molar-refractivity contribution in [2.75, 3.05) is 20.3 Å². The Kier molecular flexibility index (Phi) is 3.32. The number of oxazole rings is 1. The summed E-state index contributed by atoms with van der Waals surface area (Å²) < 4.78 is 10.5. The maximum atomic E-state index is 5.53. The van der Waals surface area contributed by atoms with E-state index >= 15 is 0 Å². The molecule has 15 heavy (non-hydrogen) atoms. The molecule has 1 aromatic carbocycles. The molecule has 0 aliphatic heterocycles. The van der Waals surface area contributed by atoms with E-state index in [0.717, 1.165) is 17.6 Å². The Morgan fingerprint density at radius 3 is 3.07 bits per heavy atom. The lowest BCUT2D eigenvalue weighted by molar-refractivity contribution is 0.198. The van der Waals surface area contributed by atoms with E-state index in [9.17, 15) is 0 Å². The highest BCUT2D eigenvalue weighted by Gasteiger charge is 2.03. The zero-order valence-electron chi connectivity index (χ0n) is 8.69. The standard InChI is InChI=1S/C11H14N2O2/c1-14-7-6-12-8-11-13-9-4-2-3-5-10(9)15-11/h2-5,12H,6-8H2,1H3. The lowest BCUT2D eigenvalue weighted by Gasteiger charge is -1.99. The first-order valence-electron chi connectivity index (χ1n) is 4.94. The van der Waals surface area contributed by atoms with Crippen molar-refractivity contribution >= 4 is 11.1 Å². The fraction of sp³-hybridized carbons (Fsp3) is 0.364. The van der Waals surface area contributed by atoms with Gasteiger partial charge in [-0.3, -0.25) is 0 Å². The van der Waals surface area contributed by atoms with Crippen molar-refractivity contribution in [2.24, 2.45) is 0 Å². The predicted octanol–water partition coefficient (Wildman–Crippen LogP) is 1.56.